The first kappa shape index (κ1) is 18.3. The first-order valence-electron chi connectivity index (χ1n) is 10.1. The van der Waals surface area contributed by atoms with E-state index in [1.165, 1.54) is 57.8 Å². The molecule has 2 saturated carbocycles. The van der Waals surface area contributed by atoms with Gasteiger partial charge in [0.25, 0.3) is 0 Å². The molecule has 2 aliphatic carbocycles. The molecule has 0 aliphatic heterocycles. The van der Waals surface area contributed by atoms with Gasteiger partial charge in [-0.25, -0.2) is 0 Å². The van der Waals surface area contributed by atoms with E-state index in [-0.39, 0.29) is 5.60 Å². The van der Waals surface area contributed by atoms with Crippen molar-refractivity contribution in [1.29, 1.82) is 0 Å². The Morgan fingerprint density at radius 3 is 1.73 bits per heavy atom. The van der Waals surface area contributed by atoms with Crippen LogP contribution in [-0.4, -0.2) is 11.7 Å². The number of ether oxygens (including phenoxy) is 1. The molecule has 2 aliphatic rings. The van der Waals surface area contributed by atoms with E-state index in [2.05, 4.69) is 34.6 Å². The molecule has 0 unspecified atom stereocenters. The second kappa shape index (κ2) is 7.69. The van der Waals surface area contributed by atoms with Crippen LogP contribution in [0.3, 0.4) is 0 Å². The Labute approximate surface area is 139 Å². The van der Waals surface area contributed by atoms with E-state index in [1.54, 1.807) is 0 Å². The van der Waals surface area contributed by atoms with Crippen LogP contribution in [0.4, 0.5) is 0 Å². The summed E-state index contributed by atoms with van der Waals surface area (Å²) in [5, 5.41) is 0. The van der Waals surface area contributed by atoms with Gasteiger partial charge in [-0.1, -0.05) is 47.0 Å². The third-order valence-electron chi connectivity index (χ3n) is 7.33. The van der Waals surface area contributed by atoms with E-state index in [9.17, 15) is 0 Å². The highest BCUT2D eigenvalue weighted by molar-refractivity contribution is 4.90. The van der Waals surface area contributed by atoms with Crippen molar-refractivity contribution in [2.24, 2.45) is 17.3 Å². The number of hydrogen-bond acceptors (Lipinski definition) is 1. The summed E-state index contributed by atoms with van der Waals surface area (Å²) in [7, 11) is 0. The van der Waals surface area contributed by atoms with Gasteiger partial charge in [0.15, 0.2) is 0 Å². The Balaban J connectivity index is 1.85. The lowest BCUT2D eigenvalue weighted by Gasteiger charge is -2.46. The molecule has 2 rings (SSSR count). The van der Waals surface area contributed by atoms with Gasteiger partial charge in [0.2, 0.25) is 0 Å². The largest absolute Gasteiger partial charge is 0.372 e. The van der Waals surface area contributed by atoms with Crippen molar-refractivity contribution in [2.75, 3.05) is 0 Å². The van der Waals surface area contributed by atoms with E-state index in [4.69, 9.17) is 4.74 Å². The van der Waals surface area contributed by atoms with Gasteiger partial charge in [0, 0.05) is 0 Å². The molecule has 0 aromatic rings. The maximum atomic E-state index is 6.48. The third kappa shape index (κ3) is 4.28. The molecule has 0 bridgehead atoms. The average molecular weight is 309 g/mol. The maximum absolute atomic E-state index is 6.48. The lowest BCUT2D eigenvalue weighted by Crippen LogP contribution is -2.39. The molecule has 0 atom stereocenters. The summed E-state index contributed by atoms with van der Waals surface area (Å²) in [4.78, 5) is 0. The van der Waals surface area contributed by atoms with Crippen molar-refractivity contribution in [3.05, 3.63) is 0 Å². The van der Waals surface area contributed by atoms with Crippen LogP contribution in [0.2, 0.25) is 0 Å². The molecule has 0 aromatic carbocycles. The van der Waals surface area contributed by atoms with Gasteiger partial charge in [-0.3, -0.25) is 0 Å². The zero-order valence-electron chi connectivity index (χ0n) is 15.9. The first-order valence-corrected chi connectivity index (χ1v) is 10.1. The van der Waals surface area contributed by atoms with Crippen LogP contribution >= 0.6 is 0 Å². The predicted octanol–water partition coefficient (Wildman–Crippen LogP) is 6.75. The molecule has 0 N–H and O–H groups in total. The molecule has 1 nitrogen and oxygen atoms in total. The predicted molar refractivity (Wildman–Crippen MR) is 96.2 cm³/mol. The second-order valence-corrected chi connectivity index (χ2v) is 8.90. The molecule has 0 spiro atoms. The van der Waals surface area contributed by atoms with Gasteiger partial charge in [-0.15, -0.1) is 0 Å². The molecule has 2 fully saturated rings. The lowest BCUT2D eigenvalue weighted by atomic mass is 9.61. The van der Waals surface area contributed by atoms with Crippen LogP contribution in [0.5, 0.6) is 0 Å². The fraction of sp³-hybridized carbons (Fsp3) is 1.00. The minimum Gasteiger partial charge on any atom is -0.372 e. The molecule has 0 amide bonds. The molecule has 0 aromatic heterocycles. The summed E-state index contributed by atoms with van der Waals surface area (Å²) in [6.45, 7) is 12.0. The Bertz CT molecular complexity index is 315. The highest BCUT2D eigenvalue weighted by Crippen LogP contribution is 2.48. The standard InChI is InChI=1S/C21H40O/c1-6-21(5,7-2)22-19-15-13-18(14-16-19)20(3,4)17-11-9-8-10-12-17/h17-19H,6-16H2,1-5H3. The highest BCUT2D eigenvalue weighted by Gasteiger charge is 2.40. The SMILES string of the molecule is CCC(C)(CC)OC1CCC(C(C)(C)C2CCCCC2)CC1. The minimum absolute atomic E-state index is 0.108. The van der Waals surface area contributed by atoms with Crippen molar-refractivity contribution in [1.82, 2.24) is 0 Å². The number of hydrogen-bond donors (Lipinski definition) is 0. The zero-order chi connectivity index (χ0) is 16.2. The molecular weight excluding hydrogens is 268 g/mol. The van der Waals surface area contributed by atoms with Gasteiger partial charge < -0.3 is 4.74 Å². The zero-order valence-corrected chi connectivity index (χ0v) is 15.9. The molecule has 0 radical (unpaired) electrons. The molecule has 1 heteroatoms. The van der Waals surface area contributed by atoms with Crippen LogP contribution in [-0.2, 0) is 4.74 Å². The van der Waals surface area contributed by atoms with Crippen molar-refractivity contribution in [3.63, 3.8) is 0 Å². The Morgan fingerprint density at radius 2 is 1.23 bits per heavy atom. The smallest absolute Gasteiger partial charge is 0.0653 e. The Hall–Kier alpha value is -0.0400. The van der Waals surface area contributed by atoms with Crippen LogP contribution in [0, 0.1) is 17.3 Å². The summed E-state index contributed by atoms with van der Waals surface area (Å²) < 4.78 is 6.48. The van der Waals surface area contributed by atoms with Gasteiger partial charge in [-0.05, 0) is 75.5 Å². The fourth-order valence-electron chi connectivity index (χ4n) is 4.92. The highest BCUT2D eigenvalue weighted by atomic mass is 16.5. The van der Waals surface area contributed by atoms with Crippen molar-refractivity contribution in [3.8, 4) is 0 Å². The van der Waals surface area contributed by atoms with Crippen LogP contribution in [0.1, 0.15) is 105 Å². The summed E-state index contributed by atoms with van der Waals surface area (Å²) in [6, 6.07) is 0. The minimum atomic E-state index is 0.108. The quantitative estimate of drug-likeness (QED) is 0.527. The van der Waals surface area contributed by atoms with Gasteiger partial charge in [-0.2, -0.15) is 0 Å². The second-order valence-electron chi connectivity index (χ2n) is 8.90. The summed E-state index contributed by atoms with van der Waals surface area (Å²) in [5.41, 5.74) is 0.653. The Morgan fingerprint density at radius 1 is 0.727 bits per heavy atom. The van der Waals surface area contributed by atoms with E-state index in [0.29, 0.717) is 11.5 Å². The van der Waals surface area contributed by atoms with E-state index < -0.39 is 0 Å². The summed E-state index contributed by atoms with van der Waals surface area (Å²) in [6.07, 6.45) is 15.5. The van der Waals surface area contributed by atoms with Gasteiger partial charge in [0.05, 0.1) is 11.7 Å². The monoisotopic (exact) mass is 308 g/mol. The summed E-state index contributed by atoms with van der Waals surface area (Å²) >= 11 is 0. The molecule has 130 valence electrons. The topological polar surface area (TPSA) is 9.23 Å². The van der Waals surface area contributed by atoms with Crippen LogP contribution < -0.4 is 0 Å². The van der Waals surface area contributed by atoms with Crippen molar-refractivity contribution in [2.45, 2.75) is 117 Å². The van der Waals surface area contributed by atoms with Crippen LogP contribution in [0.25, 0.3) is 0 Å². The van der Waals surface area contributed by atoms with E-state index in [0.717, 1.165) is 24.7 Å². The lowest BCUT2D eigenvalue weighted by molar-refractivity contribution is -0.110. The fourth-order valence-corrected chi connectivity index (χ4v) is 4.92. The number of rotatable bonds is 6. The maximum Gasteiger partial charge on any atom is 0.0653 e. The summed E-state index contributed by atoms with van der Waals surface area (Å²) in [5.74, 6) is 1.89. The van der Waals surface area contributed by atoms with Crippen molar-refractivity contribution < 1.29 is 4.74 Å². The van der Waals surface area contributed by atoms with Crippen LogP contribution in [0.15, 0.2) is 0 Å². The average Bonchev–Trinajstić information content (AvgIpc) is 2.56. The van der Waals surface area contributed by atoms with Gasteiger partial charge >= 0.3 is 0 Å². The Kier molecular flexibility index (Phi) is 6.39. The third-order valence-corrected chi connectivity index (χ3v) is 7.33. The van der Waals surface area contributed by atoms with E-state index in [1.807, 2.05) is 0 Å². The van der Waals surface area contributed by atoms with Gasteiger partial charge in [0.1, 0.15) is 0 Å². The van der Waals surface area contributed by atoms with E-state index >= 15 is 0 Å². The normalized spacial score (nSPS) is 28.8. The first-order chi connectivity index (χ1) is 10.4. The molecular formula is C21H40O. The van der Waals surface area contributed by atoms with Crippen molar-refractivity contribution >= 4 is 0 Å². The molecule has 0 saturated heterocycles. The molecule has 22 heavy (non-hydrogen) atoms. The molecule has 0 heterocycles.